The Bertz CT molecular complexity index is 1130. The zero-order chi connectivity index (χ0) is 21.3. The van der Waals surface area contributed by atoms with E-state index in [0.29, 0.717) is 29.2 Å². The molecule has 1 unspecified atom stereocenters. The van der Waals surface area contributed by atoms with Crippen LogP contribution in [0, 0.1) is 12.7 Å². The molecular formula is C23H21FN4O2. The van der Waals surface area contributed by atoms with Crippen molar-refractivity contribution < 1.29 is 13.7 Å². The Morgan fingerprint density at radius 2 is 2.00 bits per heavy atom. The topological polar surface area (TPSA) is 71.3 Å². The van der Waals surface area contributed by atoms with Crippen LogP contribution in [-0.2, 0) is 0 Å². The first kappa shape index (κ1) is 19.6. The molecule has 7 heteroatoms. The quantitative estimate of drug-likeness (QED) is 0.616. The molecular weight excluding hydrogens is 383 g/mol. The van der Waals surface area contributed by atoms with Crippen molar-refractivity contribution in [2.24, 2.45) is 0 Å². The molecule has 0 aliphatic carbocycles. The van der Waals surface area contributed by atoms with Gasteiger partial charge in [-0.15, -0.1) is 6.58 Å². The van der Waals surface area contributed by atoms with E-state index in [4.69, 9.17) is 4.52 Å². The summed E-state index contributed by atoms with van der Waals surface area (Å²) in [6.07, 6.45) is 1.63. The third kappa shape index (κ3) is 3.61. The van der Waals surface area contributed by atoms with Crippen molar-refractivity contribution in [1.82, 2.24) is 20.4 Å². The van der Waals surface area contributed by atoms with Crippen LogP contribution in [0.15, 0.2) is 71.4 Å². The molecule has 6 nitrogen and oxygen atoms in total. The molecule has 4 rings (SSSR count). The fourth-order valence-electron chi connectivity index (χ4n) is 3.50. The van der Waals surface area contributed by atoms with Crippen LogP contribution in [0.5, 0.6) is 0 Å². The summed E-state index contributed by atoms with van der Waals surface area (Å²) < 4.78 is 19.5. The molecule has 1 aliphatic rings. The number of hydrogen-bond donors (Lipinski definition) is 1. The molecule has 2 amide bonds. The predicted molar refractivity (Wildman–Crippen MR) is 112 cm³/mol. The van der Waals surface area contributed by atoms with E-state index in [1.165, 1.54) is 17.0 Å². The first-order valence-electron chi connectivity index (χ1n) is 9.54. The van der Waals surface area contributed by atoms with Gasteiger partial charge in [-0.3, -0.25) is 4.90 Å². The molecule has 1 atom stereocenters. The zero-order valence-corrected chi connectivity index (χ0v) is 16.7. The number of rotatable bonds is 5. The number of halogens is 1. The van der Waals surface area contributed by atoms with E-state index in [1.807, 2.05) is 31.2 Å². The number of aromatic nitrogens is 2. The first-order chi connectivity index (χ1) is 14.5. The summed E-state index contributed by atoms with van der Waals surface area (Å²) in [7, 11) is 0. The van der Waals surface area contributed by atoms with Crippen LogP contribution in [0.25, 0.3) is 17.0 Å². The highest BCUT2D eigenvalue weighted by molar-refractivity contribution is 5.87. The first-order valence-corrected chi connectivity index (χ1v) is 9.54. The predicted octanol–water partition coefficient (Wildman–Crippen LogP) is 4.87. The van der Waals surface area contributed by atoms with E-state index < -0.39 is 11.9 Å². The van der Waals surface area contributed by atoms with Gasteiger partial charge in [-0.2, -0.15) is 4.98 Å². The number of carbonyl (C=O) groups is 1. The van der Waals surface area contributed by atoms with Crippen LogP contribution in [0.3, 0.4) is 0 Å². The van der Waals surface area contributed by atoms with Gasteiger partial charge in [0.25, 0.3) is 5.89 Å². The van der Waals surface area contributed by atoms with E-state index in [2.05, 4.69) is 22.0 Å². The van der Waals surface area contributed by atoms with Gasteiger partial charge < -0.3 is 9.84 Å². The van der Waals surface area contributed by atoms with Crippen LogP contribution in [-0.4, -0.2) is 27.6 Å². The van der Waals surface area contributed by atoms with E-state index in [0.717, 1.165) is 11.1 Å². The van der Waals surface area contributed by atoms with Gasteiger partial charge in [-0.25, -0.2) is 9.18 Å². The van der Waals surface area contributed by atoms with Crippen LogP contribution in [0.1, 0.15) is 30.0 Å². The van der Waals surface area contributed by atoms with Crippen LogP contribution < -0.4 is 5.32 Å². The van der Waals surface area contributed by atoms with Crippen LogP contribution >= 0.6 is 0 Å². The van der Waals surface area contributed by atoms with Gasteiger partial charge in [0.2, 0.25) is 5.82 Å². The minimum atomic E-state index is -0.624. The summed E-state index contributed by atoms with van der Waals surface area (Å²) in [6.45, 7) is 7.84. The molecule has 0 saturated carbocycles. The number of carbonyl (C=O) groups excluding carboxylic acids is 1. The molecule has 2 heterocycles. The van der Waals surface area contributed by atoms with Crippen LogP contribution in [0.2, 0.25) is 0 Å². The fraction of sp³-hybridized carbons (Fsp3) is 0.174. The number of allylic oxidation sites excluding steroid dienone is 1. The van der Waals surface area contributed by atoms with E-state index in [9.17, 15) is 9.18 Å². The lowest BCUT2D eigenvalue weighted by molar-refractivity contribution is 0.209. The van der Waals surface area contributed by atoms with Crippen molar-refractivity contribution in [3.63, 3.8) is 0 Å². The SMILES string of the molecule is C=CCN1C(=O)NC(c2cccc(F)c2)C(c2nc(-c3ccc(C)cc3)no2)=C1C. The highest BCUT2D eigenvalue weighted by atomic mass is 19.1. The number of benzene rings is 2. The van der Waals surface area contributed by atoms with Gasteiger partial charge in [0.05, 0.1) is 11.6 Å². The standard InChI is InChI=1S/C23H21FN4O2/c1-4-12-28-15(3)19(20(25-23(28)29)17-6-5-7-18(24)13-17)22-26-21(27-30-22)16-10-8-14(2)9-11-16/h4-11,13,20H,1,12H2,2-3H3,(H,25,29). The molecule has 0 spiro atoms. The molecule has 0 bridgehead atoms. The Morgan fingerprint density at radius 3 is 2.70 bits per heavy atom. The molecule has 2 aromatic carbocycles. The molecule has 1 N–H and O–H groups in total. The maximum atomic E-state index is 13.9. The maximum Gasteiger partial charge on any atom is 0.322 e. The lowest BCUT2D eigenvalue weighted by atomic mass is 9.94. The van der Waals surface area contributed by atoms with Crippen molar-refractivity contribution >= 4 is 11.6 Å². The summed E-state index contributed by atoms with van der Waals surface area (Å²) in [5.74, 6) is 0.319. The number of urea groups is 1. The van der Waals surface area contributed by atoms with Crippen molar-refractivity contribution in [2.75, 3.05) is 6.54 Å². The summed E-state index contributed by atoms with van der Waals surface area (Å²) in [6, 6.07) is 13.0. The summed E-state index contributed by atoms with van der Waals surface area (Å²) >= 11 is 0. The average molecular weight is 404 g/mol. The van der Waals surface area contributed by atoms with Crippen LogP contribution in [0.4, 0.5) is 9.18 Å². The van der Waals surface area contributed by atoms with Crippen molar-refractivity contribution in [3.8, 4) is 11.4 Å². The normalized spacial score (nSPS) is 16.6. The summed E-state index contributed by atoms with van der Waals surface area (Å²) in [5, 5.41) is 7.03. The number of hydrogen-bond acceptors (Lipinski definition) is 4. The Labute approximate surface area is 173 Å². The number of nitrogens with one attached hydrogen (secondary N) is 1. The van der Waals surface area contributed by atoms with E-state index in [-0.39, 0.29) is 11.9 Å². The minimum absolute atomic E-state index is 0.270. The van der Waals surface area contributed by atoms with Gasteiger partial charge >= 0.3 is 6.03 Å². The monoisotopic (exact) mass is 404 g/mol. The molecule has 152 valence electrons. The second-order valence-electron chi connectivity index (χ2n) is 7.13. The Morgan fingerprint density at radius 1 is 1.23 bits per heavy atom. The minimum Gasteiger partial charge on any atom is -0.334 e. The highest BCUT2D eigenvalue weighted by Crippen LogP contribution is 2.37. The highest BCUT2D eigenvalue weighted by Gasteiger charge is 2.35. The Hall–Kier alpha value is -3.74. The van der Waals surface area contributed by atoms with Gasteiger partial charge in [0.15, 0.2) is 0 Å². The van der Waals surface area contributed by atoms with Crippen molar-refractivity contribution in [3.05, 3.63) is 89.7 Å². The Balaban J connectivity index is 1.82. The second kappa shape index (κ2) is 7.94. The lowest BCUT2D eigenvalue weighted by Gasteiger charge is -2.34. The summed E-state index contributed by atoms with van der Waals surface area (Å²) in [5.41, 5.74) is 3.80. The van der Waals surface area contributed by atoms with Crippen molar-refractivity contribution in [2.45, 2.75) is 19.9 Å². The van der Waals surface area contributed by atoms with Crippen molar-refractivity contribution in [1.29, 1.82) is 0 Å². The van der Waals surface area contributed by atoms with Gasteiger partial charge in [-0.05, 0) is 31.5 Å². The molecule has 0 fully saturated rings. The van der Waals surface area contributed by atoms with Gasteiger partial charge in [0, 0.05) is 17.8 Å². The maximum absolute atomic E-state index is 13.9. The van der Waals surface area contributed by atoms with E-state index >= 15 is 0 Å². The number of aryl methyl sites for hydroxylation is 1. The smallest absolute Gasteiger partial charge is 0.322 e. The largest absolute Gasteiger partial charge is 0.334 e. The third-order valence-electron chi connectivity index (χ3n) is 5.06. The molecule has 1 aromatic heterocycles. The molecule has 3 aromatic rings. The van der Waals surface area contributed by atoms with E-state index in [1.54, 1.807) is 25.1 Å². The summed E-state index contributed by atoms with van der Waals surface area (Å²) in [4.78, 5) is 18.8. The zero-order valence-electron chi connectivity index (χ0n) is 16.7. The van der Waals surface area contributed by atoms with Gasteiger partial charge in [0.1, 0.15) is 5.82 Å². The van der Waals surface area contributed by atoms with Gasteiger partial charge in [-0.1, -0.05) is 53.2 Å². The lowest BCUT2D eigenvalue weighted by Crippen LogP contribution is -2.46. The molecule has 0 saturated heterocycles. The second-order valence-corrected chi connectivity index (χ2v) is 7.13. The number of amides is 2. The third-order valence-corrected chi connectivity index (χ3v) is 5.06. The average Bonchev–Trinajstić information content (AvgIpc) is 3.21. The number of nitrogens with zero attached hydrogens (tertiary/aromatic N) is 3. The molecule has 0 radical (unpaired) electrons. The fourth-order valence-corrected chi connectivity index (χ4v) is 3.50. The molecule has 30 heavy (non-hydrogen) atoms. The molecule has 1 aliphatic heterocycles. The Kier molecular flexibility index (Phi) is 5.18.